The zero-order valence-electron chi connectivity index (χ0n) is 22.3. The molecule has 3 aromatic heterocycles. The van der Waals surface area contributed by atoms with Crippen LogP contribution in [0.2, 0.25) is 0 Å². The number of carbonyl (C=O) groups excluding carboxylic acids is 1. The standard InChI is InChI=1S/C28H35F3N4O2/c1-17(2)37-27(36)24-15-25-23(22-13-18(3)32-19(4)14-22)7-8-35(25)26(20(24)5)21(6)34-11-9-33(10-12-34)16-28(29,30)31/h7-8,13-15,17,21H,9-12,16H2,1-6H3. The number of nitrogens with zero attached hydrogens (tertiary/aromatic N) is 4. The molecule has 0 saturated carbocycles. The van der Waals surface area contributed by atoms with Gasteiger partial charge in [-0.15, -0.1) is 0 Å². The van der Waals surface area contributed by atoms with Crippen LogP contribution in [0.3, 0.4) is 0 Å². The van der Waals surface area contributed by atoms with Gasteiger partial charge < -0.3 is 9.14 Å². The van der Waals surface area contributed by atoms with Gasteiger partial charge >= 0.3 is 12.1 Å². The number of esters is 1. The maximum absolute atomic E-state index is 13.2. The summed E-state index contributed by atoms with van der Waals surface area (Å²) in [7, 11) is 0. The number of hydrogen-bond donors (Lipinski definition) is 0. The molecule has 3 aromatic rings. The smallest absolute Gasteiger partial charge is 0.401 e. The van der Waals surface area contributed by atoms with E-state index in [1.807, 2.05) is 65.1 Å². The highest BCUT2D eigenvalue weighted by Crippen LogP contribution is 2.34. The molecule has 200 valence electrons. The summed E-state index contributed by atoms with van der Waals surface area (Å²) in [5.41, 5.74) is 6.94. The maximum Gasteiger partial charge on any atom is 0.401 e. The molecule has 0 aromatic carbocycles. The molecule has 1 saturated heterocycles. The third kappa shape index (κ3) is 5.99. The van der Waals surface area contributed by atoms with Crippen LogP contribution in [0.15, 0.2) is 30.5 Å². The molecule has 1 aliphatic rings. The summed E-state index contributed by atoms with van der Waals surface area (Å²) in [5.74, 6) is -0.382. The van der Waals surface area contributed by atoms with Crippen molar-refractivity contribution in [2.45, 2.75) is 59.9 Å². The SMILES string of the molecule is Cc1cc(-c2ccn3c(C(C)N4CCN(CC(F)(F)F)CC4)c(C)c(C(=O)OC(C)C)cc23)cc(C)n1. The van der Waals surface area contributed by atoms with E-state index in [2.05, 4.69) is 21.2 Å². The van der Waals surface area contributed by atoms with Crippen LogP contribution in [-0.2, 0) is 4.74 Å². The molecule has 1 atom stereocenters. The van der Waals surface area contributed by atoms with Crippen LogP contribution in [0.4, 0.5) is 13.2 Å². The van der Waals surface area contributed by atoms with Crippen molar-refractivity contribution < 1.29 is 22.7 Å². The molecule has 0 amide bonds. The molecule has 0 radical (unpaired) electrons. The molecule has 9 heteroatoms. The summed E-state index contributed by atoms with van der Waals surface area (Å²) in [4.78, 5) is 21.3. The van der Waals surface area contributed by atoms with Gasteiger partial charge in [-0.05, 0) is 76.9 Å². The Morgan fingerprint density at radius 1 is 1.03 bits per heavy atom. The summed E-state index contributed by atoms with van der Waals surface area (Å²) in [6, 6.07) is 7.85. The zero-order valence-corrected chi connectivity index (χ0v) is 22.3. The third-order valence-electron chi connectivity index (χ3n) is 6.96. The predicted octanol–water partition coefficient (Wildman–Crippen LogP) is 5.73. The van der Waals surface area contributed by atoms with Crippen LogP contribution in [0.1, 0.15) is 59.8 Å². The van der Waals surface area contributed by atoms with Gasteiger partial charge in [0.2, 0.25) is 0 Å². The monoisotopic (exact) mass is 516 g/mol. The van der Waals surface area contributed by atoms with Crippen LogP contribution >= 0.6 is 0 Å². The Morgan fingerprint density at radius 3 is 2.22 bits per heavy atom. The number of carbonyl (C=O) groups is 1. The van der Waals surface area contributed by atoms with Gasteiger partial charge in [0.15, 0.2) is 0 Å². The van der Waals surface area contributed by atoms with E-state index in [0.29, 0.717) is 31.7 Å². The van der Waals surface area contributed by atoms with E-state index in [0.717, 1.165) is 39.3 Å². The second kappa shape index (κ2) is 10.5. The molecule has 1 fully saturated rings. The highest BCUT2D eigenvalue weighted by atomic mass is 19.4. The van der Waals surface area contributed by atoms with Crippen molar-refractivity contribution in [2.24, 2.45) is 0 Å². The van der Waals surface area contributed by atoms with E-state index in [1.165, 1.54) is 4.90 Å². The highest BCUT2D eigenvalue weighted by Gasteiger charge is 2.34. The van der Waals surface area contributed by atoms with Crippen LogP contribution in [0.25, 0.3) is 16.6 Å². The molecular formula is C28H35F3N4O2. The lowest BCUT2D eigenvalue weighted by Gasteiger charge is -2.39. The zero-order chi connectivity index (χ0) is 27.1. The molecule has 0 spiro atoms. The number of pyridine rings is 2. The lowest BCUT2D eigenvalue weighted by atomic mass is 9.99. The number of rotatable bonds is 6. The van der Waals surface area contributed by atoms with Crippen molar-refractivity contribution in [1.29, 1.82) is 0 Å². The first-order chi connectivity index (χ1) is 17.3. The minimum atomic E-state index is -4.20. The maximum atomic E-state index is 13.2. The number of hydrogen-bond acceptors (Lipinski definition) is 5. The van der Waals surface area contributed by atoms with Gasteiger partial charge in [-0.2, -0.15) is 13.2 Å². The third-order valence-corrected chi connectivity index (χ3v) is 6.96. The predicted molar refractivity (Wildman–Crippen MR) is 138 cm³/mol. The number of piperazine rings is 1. The average molecular weight is 517 g/mol. The van der Waals surface area contributed by atoms with Crippen LogP contribution in [0, 0.1) is 20.8 Å². The molecule has 37 heavy (non-hydrogen) atoms. The van der Waals surface area contributed by atoms with Crippen LogP contribution in [0.5, 0.6) is 0 Å². The summed E-state index contributed by atoms with van der Waals surface area (Å²) in [6.07, 6.45) is -2.46. The molecule has 0 N–H and O–H groups in total. The number of fused-ring (bicyclic) bond motifs is 1. The van der Waals surface area contributed by atoms with E-state index in [9.17, 15) is 18.0 Å². The van der Waals surface area contributed by atoms with Gasteiger partial charge in [0, 0.05) is 61.1 Å². The average Bonchev–Trinajstić information content (AvgIpc) is 3.20. The fourth-order valence-electron chi connectivity index (χ4n) is 5.34. The number of aromatic nitrogens is 2. The first-order valence-corrected chi connectivity index (χ1v) is 12.7. The minimum absolute atomic E-state index is 0.122. The second-order valence-electron chi connectivity index (χ2n) is 10.2. The topological polar surface area (TPSA) is 50.1 Å². The Balaban J connectivity index is 1.78. The van der Waals surface area contributed by atoms with Crippen molar-refractivity contribution in [1.82, 2.24) is 19.2 Å². The quantitative estimate of drug-likeness (QED) is 0.392. The van der Waals surface area contributed by atoms with Gasteiger partial charge in [0.1, 0.15) is 0 Å². The molecule has 6 nitrogen and oxygen atoms in total. The van der Waals surface area contributed by atoms with Gasteiger partial charge in [-0.25, -0.2) is 4.79 Å². The summed E-state index contributed by atoms with van der Waals surface area (Å²) in [5, 5.41) is 0. The Kier molecular flexibility index (Phi) is 7.67. The highest BCUT2D eigenvalue weighted by molar-refractivity contribution is 5.95. The van der Waals surface area contributed by atoms with Crippen molar-refractivity contribution in [2.75, 3.05) is 32.7 Å². The molecular weight excluding hydrogens is 481 g/mol. The molecule has 1 unspecified atom stereocenters. The van der Waals surface area contributed by atoms with Crippen molar-refractivity contribution in [3.05, 3.63) is 58.7 Å². The van der Waals surface area contributed by atoms with E-state index in [1.54, 1.807) is 0 Å². The lowest BCUT2D eigenvalue weighted by Crippen LogP contribution is -2.49. The Morgan fingerprint density at radius 2 is 1.65 bits per heavy atom. The summed E-state index contributed by atoms with van der Waals surface area (Å²) >= 11 is 0. The van der Waals surface area contributed by atoms with E-state index < -0.39 is 12.7 Å². The molecule has 4 rings (SSSR count). The Labute approximate surface area is 216 Å². The first-order valence-electron chi connectivity index (χ1n) is 12.7. The number of alkyl halides is 3. The summed E-state index contributed by atoms with van der Waals surface area (Å²) in [6.45, 7) is 12.3. The largest absolute Gasteiger partial charge is 0.459 e. The van der Waals surface area contributed by atoms with Crippen LogP contribution < -0.4 is 0 Å². The molecule has 0 aliphatic carbocycles. The van der Waals surface area contributed by atoms with Crippen molar-refractivity contribution in [3.8, 4) is 11.1 Å². The normalized spacial score (nSPS) is 16.5. The van der Waals surface area contributed by atoms with Gasteiger partial charge in [0.05, 0.1) is 23.7 Å². The van der Waals surface area contributed by atoms with Crippen molar-refractivity contribution in [3.63, 3.8) is 0 Å². The van der Waals surface area contributed by atoms with E-state index in [-0.39, 0.29) is 18.1 Å². The molecule has 1 aliphatic heterocycles. The van der Waals surface area contributed by atoms with Gasteiger partial charge in [0.25, 0.3) is 0 Å². The minimum Gasteiger partial charge on any atom is -0.459 e. The van der Waals surface area contributed by atoms with E-state index >= 15 is 0 Å². The van der Waals surface area contributed by atoms with Crippen molar-refractivity contribution >= 4 is 11.5 Å². The van der Waals surface area contributed by atoms with E-state index in [4.69, 9.17) is 4.74 Å². The second-order valence-corrected chi connectivity index (χ2v) is 10.2. The van der Waals surface area contributed by atoms with Gasteiger partial charge in [-0.1, -0.05) is 0 Å². The molecule has 4 heterocycles. The first kappa shape index (κ1) is 27.1. The number of ether oxygens (including phenoxy) is 1. The number of aryl methyl sites for hydroxylation is 2. The Hall–Kier alpha value is -2.91. The number of halogens is 3. The van der Waals surface area contributed by atoms with Gasteiger partial charge in [-0.3, -0.25) is 14.8 Å². The summed E-state index contributed by atoms with van der Waals surface area (Å²) < 4.78 is 46.3. The fraction of sp³-hybridized carbons (Fsp3) is 0.500. The lowest BCUT2D eigenvalue weighted by molar-refractivity contribution is -0.149. The molecule has 0 bridgehead atoms. The Bertz CT molecular complexity index is 1270. The van der Waals surface area contributed by atoms with Crippen LogP contribution in [-0.4, -0.2) is 70.2 Å². The fourth-order valence-corrected chi connectivity index (χ4v) is 5.34.